The fourth-order valence-electron chi connectivity index (χ4n) is 3.45. The molecule has 0 unspecified atom stereocenters. The van der Waals surface area contributed by atoms with Gasteiger partial charge in [0, 0.05) is 37.0 Å². The van der Waals surface area contributed by atoms with Crippen LogP contribution >= 0.6 is 0 Å². The van der Waals surface area contributed by atoms with Gasteiger partial charge in [-0.2, -0.15) is 13.8 Å². The lowest BCUT2D eigenvalue weighted by Gasteiger charge is -2.24. The molecule has 0 aliphatic heterocycles. The van der Waals surface area contributed by atoms with Gasteiger partial charge in [-0.25, -0.2) is 27.7 Å². The molecule has 3 rings (SSSR count). The summed E-state index contributed by atoms with van der Waals surface area (Å²) in [5, 5.41) is 5.39. The van der Waals surface area contributed by atoms with Gasteiger partial charge >= 0.3 is 6.55 Å². The molecule has 2 heterocycles. The molecule has 0 atom stereocenters. The number of rotatable bonds is 11. The van der Waals surface area contributed by atoms with Crippen LogP contribution in [0.2, 0.25) is 0 Å². The van der Waals surface area contributed by atoms with Crippen LogP contribution in [0.4, 0.5) is 36.4 Å². The van der Waals surface area contributed by atoms with Gasteiger partial charge < -0.3 is 15.4 Å². The van der Waals surface area contributed by atoms with Gasteiger partial charge in [-0.15, -0.1) is 0 Å². The van der Waals surface area contributed by atoms with Crippen LogP contribution in [0.5, 0.6) is 5.75 Å². The van der Waals surface area contributed by atoms with Crippen molar-refractivity contribution in [1.29, 1.82) is 0 Å². The van der Waals surface area contributed by atoms with Crippen molar-refractivity contribution >= 4 is 39.2 Å². The van der Waals surface area contributed by atoms with Crippen molar-refractivity contribution in [2.45, 2.75) is 33.0 Å². The Morgan fingerprint density at radius 3 is 2.51 bits per heavy atom. The quantitative estimate of drug-likeness (QED) is 0.334. The number of benzene rings is 1. The second-order valence-electron chi connectivity index (χ2n) is 8.60. The summed E-state index contributed by atoms with van der Waals surface area (Å²) < 4.78 is 73.3. The SMILES string of the molecule is COc1cc(C(=O)NC(C)C)ccc1N(c1ncc(F)c(NCc2cccnc2N(C)S(C)(=O)=O)n1)C(F)F. The number of amides is 1. The third kappa shape index (κ3) is 7.04. The molecule has 2 aromatic heterocycles. The van der Waals surface area contributed by atoms with E-state index < -0.39 is 40.1 Å². The zero-order valence-electron chi connectivity index (χ0n) is 21.8. The van der Waals surface area contributed by atoms with Gasteiger partial charge in [0.15, 0.2) is 11.6 Å². The fourth-order valence-corrected chi connectivity index (χ4v) is 3.93. The summed E-state index contributed by atoms with van der Waals surface area (Å²) in [5.41, 5.74) is 0.412. The Bertz CT molecular complexity index is 1440. The Morgan fingerprint density at radius 1 is 1.18 bits per heavy atom. The van der Waals surface area contributed by atoms with Crippen molar-refractivity contribution in [2.75, 3.05) is 34.9 Å². The lowest BCUT2D eigenvalue weighted by Crippen LogP contribution is -2.30. The van der Waals surface area contributed by atoms with Crippen LogP contribution in [0.15, 0.2) is 42.7 Å². The van der Waals surface area contributed by atoms with Gasteiger partial charge in [-0.3, -0.25) is 9.10 Å². The third-order valence-corrected chi connectivity index (χ3v) is 6.54. The summed E-state index contributed by atoms with van der Waals surface area (Å²) in [6, 6.07) is 6.89. The Morgan fingerprint density at radius 2 is 1.90 bits per heavy atom. The minimum Gasteiger partial charge on any atom is -0.495 e. The molecule has 2 N–H and O–H groups in total. The standard InChI is InChI=1S/C24H28F3N7O4S/c1-14(2)31-22(35)15-8-9-18(19(11-15)38-4)34(23(26)27)24-30-13-17(25)20(32-24)29-12-16-7-6-10-28-21(16)33(3)39(5,36)37/h6-11,13-14,23H,12H2,1-5H3,(H,31,35)(H,29,30,32). The minimum atomic E-state index is -3.63. The number of carbonyl (C=O) groups is 1. The molecule has 0 spiro atoms. The van der Waals surface area contributed by atoms with Crippen molar-refractivity contribution in [3.8, 4) is 5.75 Å². The highest BCUT2D eigenvalue weighted by molar-refractivity contribution is 7.92. The van der Waals surface area contributed by atoms with Crippen LogP contribution in [0.1, 0.15) is 29.8 Å². The van der Waals surface area contributed by atoms with Crippen molar-refractivity contribution in [3.05, 3.63) is 59.7 Å². The van der Waals surface area contributed by atoms with E-state index in [1.807, 2.05) is 0 Å². The van der Waals surface area contributed by atoms with E-state index in [9.17, 15) is 26.4 Å². The van der Waals surface area contributed by atoms with Gasteiger partial charge in [-0.05, 0) is 38.1 Å². The fraction of sp³-hybridized carbons (Fsp3) is 0.333. The average Bonchev–Trinajstić information content (AvgIpc) is 2.87. The van der Waals surface area contributed by atoms with Gasteiger partial charge in [0.05, 0.1) is 25.2 Å². The van der Waals surface area contributed by atoms with Gasteiger partial charge in [-0.1, -0.05) is 6.07 Å². The zero-order chi connectivity index (χ0) is 28.9. The number of hydrogen-bond donors (Lipinski definition) is 2. The van der Waals surface area contributed by atoms with E-state index in [1.54, 1.807) is 26.0 Å². The Kier molecular flexibility index (Phi) is 9.16. The van der Waals surface area contributed by atoms with Crippen LogP contribution in [-0.2, 0) is 16.6 Å². The number of alkyl halides is 2. The molecule has 0 fully saturated rings. The maximum absolute atomic E-state index is 14.6. The van der Waals surface area contributed by atoms with E-state index >= 15 is 0 Å². The van der Waals surface area contributed by atoms with Crippen molar-refractivity contribution in [3.63, 3.8) is 0 Å². The monoisotopic (exact) mass is 567 g/mol. The molecule has 0 saturated heterocycles. The smallest absolute Gasteiger partial charge is 0.321 e. The van der Waals surface area contributed by atoms with E-state index in [4.69, 9.17) is 4.74 Å². The number of anilines is 4. The molecule has 39 heavy (non-hydrogen) atoms. The van der Waals surface area contributed by atoms with Crippen LogP contribution in [0.25, 0.3) is 0 Å². The summed E-state index contributed by atoms with van der Waals surface area (Å²) in [4.78, 5) is 24.5. The van der Waals surface area contributed by atoms with E-state index in [0.717, 1.165) is 16.8 Å². The molecule has 0 aliphatic rings. The topological polar surface area (TPSA) is 130 Å². The van der Waals surface area contributed by atoms with E-state index in [-0.39, 0.29) is 35.4 Å². The number of aromatic nitrogens is 3. The molecule has 0 radical (unpaired) electrons. The normalized spacial score (nSPS) is 11.4. The summed E-state index contributed by atoms with van der Waals surface area (Å²) in [6.07, 6.45) is 3.13. The van der Waals surface area contributed by atoms with Crippen molar-refractivity contribution in [1.82, 2.24) is 20.3 Å². The van der Waals surface area contributed by atoms with Gasteiger partial charge in [0.1, 0.15) is 11.6 Å². The first-order chi connectivity index (χ1) is 18.3. The molecule has 15 heteroatoms. The zero-order valence-corrected chi connectivity index (χ0v) is 22.6. The summed E-state index contributed by atoms with van der Waals surface area (Å²) in [6.45, 7) is 0.256. The van der Waals surface area contributed by atoms with Crippen LogP contribution < -0.4 is 24.6 Å². The summed E-state index contributed by atoms with van der Waals surface area (Å²) in [5.74, 6) is -2.26. The average molecular weight is 568 g/mol. The second kappa shape index (κ2) is 12.1. The van der Waals surface area contributed by atoms with Gasteiger partial charge in [0.2, 0.25) is 16.0 Å². The Hall–Kier alpha value is -4.14. The van der Waals surface area contributed by atoms with Crippen molar-refractivity contribution < 1.29 is 31.1 Å². The maximum atomic E-state index is 14.6. The molecule has 0 aliphatic carbocycles. The summed E-state index contributed by atoms with van der Waals surface area (Å²) >= 11 is 0. The summed E-state index contributed by atoms with van der Waals surface area (Å²) in [7, 11) is -1.06. The molecular formula is C24H28F3N7O4S. The molecule has 0 saturated carbocycles. The minimum absolute atomic E-state index is 0.0574. The van der Waals surface area contributed by atoms with E-state index in [2.05, 4.69) is 25.6 Å². The Labute approximate surface area is 224 Å². The van der Waals surface area contributed by atoms with E-state index in [1.165, 1.54) is 38.6 Å². The first kappa shape index (κ1) is 29.4. The number of halogens is 3. The number of hydrogen-bond acceptors (Lipinski definition) is 9. The van der Waals surface area contributed by atoms with Crippen molar-refractivity contribution in [2.24, 2.45) is 0 Å². The predicted molar refractivity (Wildman–Crippen MR) is 141 cm³/mol. The highest BCUT2D eigenvalue weighted by Gasteiger charge is 2.27. The van der Waals surface area contributed by atoms with Crippen LogP contribution in [-0.4, -0.2) is 62.3 Å². The van der Waals surface area contributed by atoms with Gasteiger partial charge in [0.25, 0.3) is 5.91 Å². The molecule has 3 aromatic rings. The molecule has 1 aromatic carbocycles. The number of methoxy groups -OCH3 is 1. The first-order valence-electron chi connectivity index (χ1n) is 11.5. The first-order valence-corrected chi connectivity index (χ1v) is 13.4. The molecule has 210 valence electrons. The number of sulfonamides is 1. The number of carbonyl (C=O) groups excluding carboxylic acids is 1. The third-order valence-electron chi connectivity index (χ3n) is 5.37. The lowest BCUT2D eigenvalue weighted by atomic mass is 10.1. The Balaban J connectivity index is 1.95. The molecule has 1 amide bonds. The molecule has 0 bridgehead atoms. The number of ether oxygens (including phenoxy) is 1. The highest BCUT2D eigenvalue weighted by Crippen LogP contribution is 2.36. The maximum Gasteiger partial charge on any atom is 0.321 e. The lowest BCUT2D eigenvalue weighted by molar-refractivity contribution is 0.0942. The number of nitrogens with zero attached hydrogens (tertiary/aromatic N) is 5. The van der Waals surface area contributed by atoms with Crippen LogP contribution in [0.3, 0.4) is 0 Å². The second-order valence-corrected chi connectivity index (χ2v) is 10.6. The molecular weight excluding hydrogens is 539 g/mol. The molecule has 11 nitrogen and oxygen atoms in total. The van der Waals surface area contributed by atoms with E-state index in [0.29, 0.717) is 10.5 Å². The predicted octanol–water partition coefficient (Wildman–Crippen LogP) is 3.53. The highest BCUT2D eigenvalue weighted by atomic mass is 32.2. The largest absolute Gasteiger partial charge is 0.495 e. The van der Waals surface area contributed by atoms with Crippen LogP contribution in [0, 0.1) is 5.82 Å². The number of pyridine rings is 1. The number of nitrogens with one attached hydrogen (secondary N) is 2.